The Balaban J connectivity index is 1.75. The molecule has 0 heterocycles. The van der Waals surface area contributed by atoms with Crippen LogP contribution in [0.4, 0.5) is 4.39 Å². The number of carbonyl (C=O) groups is 1. The van der Waals surface area contributed by atoms with Crippen molar-refractivity contribution in [3.8, 4) is 0 Å². The minimum Gasteiger partial charge on any atom is -0.294 e. The van der Waals surface area contributed by atoms with Gasteiger partial charge in [-0.2, -0.15) is 0 Å². The van der Waals surface area contributed by atoms with Crippen LogP contribution in [0.2, 0.25) is 0 Å². The molecule has 2 heteroatoms. The van der Waals surface area contributed by atoms with E-state index in [2.05, 4.69) is 0 Å². The van der Waals surface area contributed by atoms with E-state index < -0.39 is 0 Å². The van der Waals surface area contributed by atoms with E-state index >= 15 is 0 Å². The molecule has 4 bridgehead atoms. The van der Waals surface area contributed by atoms with E-state index in [1.807, 2.05) is 13.8 Å². The molecule has 0 saturated heterocycles. The summed E-state index contributed by atoms with van der Waals surface area (Å²) in [5.41, 5.74) is 2.31. The van der Waals surface area contributed by atoms with Crippen molar-refractivity contribution in [2.24, 2.45) is 23.2 Å². The first-order chi connectivity index (χ1) is 9.97. The van der Waals surface area contributed by atoms with Gasteiger partial charge in [-0.1, -0.05) is 0 Å². The zero-order chi connectivity index (χ0) is 14.8. The van der Waals surface area contributed by atoms with Gasteiger partial charge in [0.25, 0.3) is 0 Å². The first kappa shape index (κ1) is 13.5. The fraction of sp³-hybridized carbons (Fsp3) is 0.632. The van der Waals surface area contributed by atoms with Crippen molar-refractivity contribution >= 4 is 5.78 Å². The van der Waals surface area contributed by atoms with Crippen molar-refractivity contribution in [3.63, 3.8) is 0 Å². The molecule has 4 saturated carbocycles. The van der Waals surface area contributed by atoms with Crippen LogP contribution in [0.15, 0.2) is 12.1 Å². The Labute approximate surface area is 125 Å². The van der Waals surface area contributed by atoms with E-state index in [9.17, 15) is 9.18 Å². The Morgan fingerprint density at radius 2 is 1.43 bits per heavy atom. The van der Waals surface area contributed by atoms with Gasteiger partial charge in [0, 0.05) is 11.0 Å². The molecule has 0 unspecified atom stereocenters. The summed E-state index contributed by atoms with van der Waals surface area (Å²) in [6.07, 6.45) is 7.26. The number of hydrogen-bond acceptors (Lipinski definition) is 1. The Hall–Kier alpha value is -1.18. The van der Waals surface area contributed by atoms with Crippen LogP contribution in [0.5, 0.6) is 0 Å². The Morgan fingerprint density at radius 3 is 1.86 bits per heavy atom. The molecule has 1 nitrogen and oxygen atoms in total. The lowest BCUT2D eigenvalue weighted by Gasteiger charge is -2.56. The van der Waals surface area contributed by atoms with Gasteiger partial charge in [-0.3, -0.25) is 4.79 Å². The summed E-state index contributed by atoms with van der Waals surface area (Å²) < 4.78 is 13.5. The van der Waals surface area contributed by atoms with Crippen molar-refractivity contribution in [2.75, 3.05) is 0 Å². The van der Waals surface area contributed by atoms with Gasteiger partial charge in [-0.25, -0.2) is 4.39 Å². The number of rotatable bonds is 2. The van der Waals surface area contributed by atoms with Crippen LogP contribution in [0.3, 0.4) is 0 Å². The standard InChI is InChI=1S/C19H23FO/c1-11-3-16(20)4-12(2)17(11)18(21)19-8-13-5-14(9-19)7-15(6-13)10-19/h3-4,13-15H,5-10H2,1-2H3. The van der Waals surface area contributed by atoms with Gasteiger partial charge in [0.05, 0.1) is 0 Å². The smallest absolute Gasteiger partial charge is 0.169 e. The third-order valence-electron chi connectivity index (χ3n) is 6.24. The van der Waals surface area contributed by atoms with E-state index in [0.29, 0.717) is 5.78 Å². The van der Waals surface area contributed by atoms with Crippen molar-refractivity contribution in [1.29, 1.82) is 0 Å². The molecule has 0 spiro atoms. The first-order valence-corrected chi connectivity index (χ1v) is 8.28. The molecule has 0 atom stereocenters. The minimum atomic E-state index is -0.230. The Kier molecular flexibility index (Phi) is 2.83. The van der Waals surface area contributed by atoms with Gasteiger partial charge in [0.2, 0.25) is 0 Å². The molecular weight excluding hydrogens is 263 g/mol. The molecule has 1 aromatic rings. The second-order valence-electron chi connectivity index (χ2n) is 7.94. The van der Waals surface area contributed by atoms with E-state index in [0.717, 1.165) is 53.7 Å². The van der Waals surface area contributed by atoms with Crippen LogP contribution in [0.25, 0.3) is 0 Å². The van der Waals surface area contributed by atoms with Crippen LogP contribution >= 0.6 is 0 Å². The molecule has 0 radical (unpaired) electrons. The monoisotopic (exact) mass is 286 g/mol. The highest BCUT2D eigenvalue weighted by Gasteiger charge is 2.54. The van der Waals surface area contributed by atoms with Crippen molar-refractivity contribution in [2.45, 2.75) is 52.4 Å². The second kappa shape index (κ2) is 4.41. The van der Waals surface area contributed by atoms with Crippen LogP contribution in [0, 0.1) is 42.8 Å². The number of carbonyl (C=O) groups excluding carboxylic acids is 1. The van der Waals surface area contributed by atoms with E-state index in [-0.39, 0.29) is 11.2 Å². The quantitative estimate of drug-likeness (QED) is 0.711. The maximum atomic E-state index is 13.5. The van der Waals surface area contributed by atoms with Crippen molar-refractivity contribution in [3.05, 3.63) is 34.6 Å². The molecule has 0 N–H and O–H groups in total. The van der Waals surface area contributed by atoms with Crippen LogP contribution in [-0.4, -0.2) is 5.78 Å². The number of aryl methyl sites for hydroxylation is 2. The molecule has 0 aliphatic heterocycles. The van der Waals surface area contributed by atoms with Gasteiger partial charge < -0.3 is 0 Å². The highest BCUT2D eigenvalue weighted by molar-refractivity contribution is 6.03. The summed E-state index contributed by atoms with van der Waals surface area (Å²) in [6, 6.07) is 3.03. The molecule has 4 fully saturated rings. The molecule has 5 rings (SSSR count). The summed E-state index contributed by atoms with van der Waals surface area (Å²) in [5, 5.41) is 0. The lowest BCUT2D eigenvalue weighted by molar-refractivity contribution is -0.0353. The molecule has 0 aromatic heterocycles. The highest BCUT2D eigenvalue weighted by Crippen LogP contribution is 2.61. The van der Waals surface area contributed by atoms with Crippen LogP contribution in [0.1, 0.15) is 60.0 Å². The zero-order valence-corrected chi connectivity index (χ0v) is 12.9. The predicted octanol–water partition coefficient (Wildman–Crippen LogP) is 4.84. The predicted molar refractivity (Wildman–Crippen MR) is 80.8 cm³/mol. The molecule has 0 amide bonds. The lowest BCUT2D eigenvalue weighted by atomic mass is 9.48. The van der Waals surface area contributed by atoms with Gasteiger partial charge in [-0.05, 0) is 93.4 Å². The van der Waals surface area contributed by atoms with Crippen molar-refractivity contribution in [1.82, 2.24) is 0 Å². The molecule has 4 aliphatic carbocycles. The summed E-state index contributed by atoms with van der Waals surface area (Å²) in [4.78, 5) is 13.3. The van der Waals surface area contributed by atoms with E-state index in [1.54, 1.807) is 0 Å². The number of benzene rings is 1. The maximum Gasteiger partial charge on any atom is 0.169 e. The molecule has 1 aromatic carbocycles. The van der Waals surface area contributed by atoms with Gasteiger partial charge >= 0.3 is 0 Å². The normalized spacial score (nSPS) is 37.0. The van der Waals surface area contributed by atoms with Crippen LogP contribution in [-0.2, 0) is 0 Å². The number of Topliss-reactive ketones (excluding diaryl/α,β-unsaturated/α-hetero) is 1. The summed E-state index contributed by atoms with van der Waals surface area (Å²) >= 11 is 0. The zero-order valence-electron chi connectivity index (χ0n) is 12.9. The number of halogens is 1. The number of hydrogen-bond donors (Lipinski definition) is 0. The maximum absolute atomic E-state index is 13.5. The first-order valence-electron chi connectivity index (χ1n) is 8.28. The van der Waals surface area contributed by atoms with E-state index in [4.69, 9.17) is 0 Å². The topological polar surface area (TPSA) is 17.1 Å². The molecule has 4 aliphatic rings. The third-order valence-corrected chi connectivity index (χ3v) is 6.24. The minimum absolute atomic E-state index is 0.123. The summed E-state index contributed by atoms with van der Waals surface area (Å²) in [5.74, 6) is 2.38. The fourth-order valence-corrected chi connectivity index (χ4v) is 5.92. The molecule has 112 valence electrons. The van der Waals surface area contributed by atoms with Gasteiger partial charge in [0.15, 0.2) is 5.78 Å². The Morgan fingerprint density at radius 1 is 1.00 bits per heavy atom. The van der Waals surface area contributed by atoms with E-state index in [1.165, 1.54) is 31.4 Å². The summed E-state index contributed by atoms with van der Waals surface area (Å²) in [7, 11) is 0. The average molecular weight is 286 g/mol. The largest absolute Gasteiger partial charge is 0.294 e. The summed E-state index contributed by atoms with van der Waals surface area (Å²) in [6.45, 7) is 3.76. The fourth-order valence-electron chi connectivity index (χ4n) is 5.92. The SMILES string of the molecule is Cc1cc(F)cc(C)c1C(=O)C12CC3CC(CC(C3)C1)C2. The average Bonchev–Trinajstić information content (AvgIpc) is 2.35. The molecule has 21 heavy (non-hydrogen) atoms. The van der Waals surface area contributed by atoms with Gasteiger partial charge in [0.1, 0.15) is 5.82 Å². The third kappa shape index (κ3) is 1.98. The van der Waals surface area contributed by atoms with Crippen LogP contribution < -0.4 is 0 Å². The highest BCUT2D eigenvalue weighted by atomic mass is 19.1. The van der Waals surface area contributed by atoms with Gasteiger partial charge in [-0.15, -0.1) is 0 Å². The lowest BCUT2D eigenvalue weighted by Crippen LogP contribution is -2.50. The Bertz CT molecular complexity index is 558. The second-order valence-corrected chi connectivity index (χ2v) is 7.94. The number of ketones is 1. The molecular formula is C19H23FO. The van der Waals surface area contributed by atoms with Crippen molar-refractivity contribution < 1.29 is 9.18 Å².